The molecule has 0 spiro atoms. The number of carbonyl (C=O) groups excluding carboxylic acids is 2. The number of hydrogen-bond acceptors (Lipinski definition) is 3. The fraction of sp³-hybridized carbons (Fsp3) is 0.464. The van der Waals surface area contributed by atoms with Gasteiger partial charge in [0.05, 0.1) is 17.6 Å². The van der Waals surface area contributed by atoms with Crippen LogP contribution in [-0.2, 0) is 11.2 Å². The van der Waals surface area contributed by atoms with E-state index in [1.165, 1.54) is 5.56 Å². The topological polar surface area (TPSA) is 69.3 Å². The van der Waals surface area contributed by atoms with Gasteiger partial charge in [-0.3, -0.25) is 14.7 Å². The summed E-state index contributed by atoms with van der Waals surface area (Å²) in [6.07, 6.45) is 5.88. The molecule has 176 valence electrons. The number of piperidine rings is 1. The fourth-order valence-corrected chi connectivity index (χ4v) is 7.34. The molecule has 2 aromatic carbocycles. The van der Waals surface area contributed by atoms with Crippen LogP contribution < -0.4 is 0 Å². The number of aromatic nitrogens is 2. The summed E-state index contributed by atoms with van der Waals surface area (Å²) in [5, 5.41) is 8.39. The number of likely N-dealkylation sites (tertiary alicyclic amines) is 2. The number of aromatic amines is 1. The van der Waals surface area contributed by atoms with E-state index in [0.717, 1.165) is 49.4 Å². The predicted molar refractivity (Wildman–Crippen MR) is 131 cm³/mol. The second-order valence-corrected chi connectivity index (χ2v) is 10.6. The maximum absolute atomic E-state index is 14.2. The van der Waals surface area contributed by atoms with Gasteiger partial charge in [0.1, 0.15) is 0 Å². The fourth-order valence-electron chi connectivity index (χ4n) is 7.34. The van der Waals surface area contributed by atoms with Crippen molar-refractivity contribution in [3.05, 3.63) is 65.9 Å². The van der Waals surface area contributed by atoms with Crippen LogP contribution in [0.1, 0.15) is 62.0 Å². The van der Waals surface area contributed by atoms with Gasteiger partial charge in [-0.15, -0.1) is 0 Å². The molecule has 1 N–H and O–H groups in total. The molecule has 3 aliphatic rings. The van der Waals surface area contributed by atoms with Crippen molar-refractivity contribution in [1.29, 1.82) is 0 Å². The van der Waals surface area contributed by atoms with Crippen LogP contribution in [0.15, 0.2) is 54.6 Å². The Hall–Kier alpha value is -3.15. The highest BCUT2D eigenvalue weighted by Gasteiger charge is 2.63. The lowest BCUT2D eigenvalue weighted by Gasteiger charge is -2.50. The highest BCUT2D eigenvalue weighted by molar-refractivity contribution is 6.05. The smallest absolute Gasteiger partial charge is 0.275 e. The maximum atomic E-state index is 14.2. The number of para-hydroxylation sites is 1. The molecular formula is C28H32N4O2. The van der Waals surface area contributed by atoms with E-state index in [1.807, 2.05) is 30.3 Å². The molecule has 1 aliphatic carbocycles. The van der Waals surface area contributed by atoms with E-state index < -0.39 is 0 Å². The van der Waals surface area contributed by atoms with Crippen molar-refractivity contribution in [2.45, 2.75) is 76.5 Å². The summed E-state index contributed by atoms with van der Waals surface area (Å²) in [7, 11) is 0. The van der Waals surface area contributed by atoms with Crippen LogP contribution in [0.25, 0.3) is 10.9 Å². The molecule has 3 fully saturated rings. The average Bonchev–Trinajstić information content (AvgIpc) is 3.32. The molecule has 34 heavy (non-hydrogen) atoms. The zero-order valence-electron chi connectivity index (χ0n) is 19.9. The van der Waals surface area contributed by atoms with Crippen LogP contribution >= 0.6 is 0 Å². The molecule has 6 heteroatoms. The van der Waals surface area contributed by atoms with Gasteiger partial charge in [-0.1, -0.05) is 68.3 Å². The van der Waals surface area contributed by atoms with E-state index in [1.54, 1.807) is 6.92 Å². The van der Waals surface area contributed by atoms with Crippen LogP contribution in [0.5, 0.6) is 0 Å². The van der Waals surface area contributed by atoms with Crippen LogP contribution in [0, 0.1) is 5.41 Å². The van der Waals surface area contributed by atoms with Crippen molar-refractivity contribution in [2.75, 3.05) is 0 Å². The molecule has 1 saturated carbocycles. The molecule has 2 amide bonds. The third-order valence-corrected chi connectivity index (χ3v) is 8.77. The first-order valence-corrected chi connectivity index (χ1v) is 12.6. The number of benzene rings is 2. The number of nitrogens with zero attached hydrogens (tertiary/aromatic N) is 3. The largest absolute Gasteiger partial charge is 0.334 e. The van der Waals surface area contributed by atoms with E-state index in [2.05, 4.69) is 51.2 Å². The number of H-pyrrole nitrogens is 1. The van der Waals surface area contributed by atoms with Gasteiger partial charge >= 0.3 is 0 Å². The highest BCUT2D eigenvalue weighted by atomic mass is 16.2. The Balaban J connectivity index is 1.48. The van der Waals surface area contributed by atoms with Gasteiger partial charge in [0.15, 0.2) is 5.69 Å². The van der Waals surface area contributed by atoms with Crippen molar-refractivity contribution in [3.63, 3.8) is 0 Å². The number of carbonyl (C=O) groups is 2. The normalized spacial score (nSPS) is 30.4. The molecule has 2 aliphatic heterocycles. The Bertz CT molecular complexity index is 1240. The maximum Gasteiger partial charge on any atom is 0.275 e. The standard InChI is InChI=1S/C28H32N4O2/c1-18(33)31-22(16-19-10-4-3-5-11-19)23-17-28(2)24(31)14-8-9-15-25(28)32(23)27(34)26-20-12-6-7-13-21(20)29-30-26/h3-7,10-13,22-25H,8-9,14-17H2,1-2H3,(H,29,30)/t22-,23-,24+,25-,28+/m0/s1. The van der Waals surface area contributed by atoms with Crippen LogP contribution in [0.2, 0.25) is 0 Å². The lowest BCUT2D eigenvalue weighted by molar-refractivity contribution is -0.141. The Morgan fingerprint density at radius 2 is 1.68 bits per heavy atom. The Labute approximate surface area is 200 Å². The van der Waals surface area contributed by atoms with Gasteiger partial charge in [-0.2, -0.15) is 5.10 Å². The molecule has 3 aromatic rings. The summed E-state index contributed by atoms with van der Waals surface area (Å²) >= 11 is 0. The average molecular weight is 457 g/mol. The van der Waals surface area contributed by atoms with Gasteiger partial charge in [0, 0.05) is 29.8 Å². The number of rotatable bonds is 3. The summed E-state index contributed by atoms with van der Waals surface area (Å²) in [5.41, 5.74) is 2.49. The van der Waals surface area contributed by atoms with Crippen molar-refractivity contribution < 1.29 is 9.59 Å². The SMILES string of the molecule is CC(=O)N1[C@@H](Cc2ccccc2)[C@@H]2C[C@@]3(C)[C@H](CCCC[C@@H]13)N2C(=O)c1n[nH]c2ccccc12. The number of hydrogen-bond donors (Lipinski definition) is 1. The summed E-state index contributed by atoms with van der Waals surface area (Å²) < 4.78 is 0. The van der Waals surface area contributed by atoms with E-state index in [9.17, 15) is 9.59 Å². The van der Waals surface area contributed by atoms with E-state index in [-0.39, 0.29) is 41.4 Å². The number of nitrogens with one attached hydrogen (secondary N) is 1. The van der Waals surface area contributed by atoms with Crippen molar-refractivity contribution in [1.82, 2.24) is 20.0 Å². The van der Waals surface area contributed by atoms with Gasteiger partial charge in [-0.25, -0.2) is 0 Å². The van der Waals surface area contributed by atoms with Gasteiger partial charge in [0.25, 0.3) is 5.91 Å². The van der Waals surface area contributed by atoms with Gasteiger partial charge in [-0.05, 0) is 37.3 Å². The van der Waals surface area contributed by atoms with Crippen LogP contribution in [0.4, 0.5) is 0 Å². The van der Waals surface area contributed by atoms with E-state index in [0.29, 0.717) is 5.69 Å². The van der Waals surface area contributed by atoms with E-state index in [4.69, 9.17) is 0 Å². The Morgan fingerprint density at radius 3 is 2.41 bits per heavy atom. The Morgan fingerprint density at radius 1 is 1.00 bits per heavy atom. The lowest BCUT2D eigenvalue weighted by Crippen LogP contribution is -2.61. The summed E-state index contributed by atoms with van der Waals surface area (Å²) in [6, 6.07) is 18.5. The predicted octanol–water partition coefficient (Wildman–Crippen LogP) is 4.57. The summed E-state index contributed by atoms with van der Waals surface area (Å²) in [5.74, 6) is 0.127. The zero-order valence-corrected chi connectivity index (χ0v) is 19.9. The molecule has 0 radical (unpaired) electrons. The summed E-state index contributed by atoms with van der Waals surface area (Å²) in [6.45, 7) is 4.03. The van der Waals surface area contributed by atoms with Crippen LogP contribution in [-0.4, -0.2) is 56.0 Å². The molecule has 1 aromatic heterocycles. The second-order valence-electron chi connectivity index (χ2n) is 10.6. The number of amides is 2. The number of fused-ring (bicyclic) bond motifs is 2. The van der Waals surface area contributed by atoms with Gasteiger partial charge in [0.2, 0.25) is 5.91 Å². The molecule has 2 saturated heterocycles. The molecular weight excluding hydrogens is 424 g/mol. The van der Waals surface area contributed by atoms with Crippen molar-refractivity contribution in [3.8, 4) is 0 Å². The lowest BCUT2D eigenvalue weighted by atomic mass is 9.69. The minimum atomic E-state index is -0.0954. The van der Waals surface area contributed by atoms with Gasteiger partial charge < -0.3 is 9.80 Å². The first kappa shape index (κ1) is 21.4. The highest BCUT2D eigenvalue weighted by Crippen LogP contribution is 2.56. The first-order chi connectivity index (χ1) is 16.5. The first-order valence-electron chi connectivity index (χ1n) is 12.6. The Kier molecular flexibility index (Phi) is 5.01. The molecule has 6 rings (SSSR count). The third-order valence-electron chi connectivity index (χ3n) is 8.77. The van der Waals surface area contributed by atoms with Crippen molar-refractivity contribution >= 4 is 22.7 Å². The molecule has 2 bridgehead atoms. The minimum absolute atomic E-state index is 0.000267. The molecule has 5 atom stereocenters. The van der Waals surface area contributed by atoms with Crippen molar-refractivity contribution in [2.24, 2.45) is 5.41 Å². The van der Waals surface area contributed by atoms with Crippen LogP contribution in [0.3, 0.4) is 0 Å². The monoisotopic (exact) mass is 456 g/mol. The molecule has 6 nitrogen and oxygen atoms in total. The molecule has 0 unspecified atom stereocenters. The molecule has 3 heterocycles. The zero-order chi connectivity index (χ0) is 23.4. The minimum Gasteiger partial charge on any atom is -0.334 e. The second kappa shape index (κ2) is 7.97. The third kappa shape index (κ3) is 3.11. The summed E-state index contributed by atoms with van der Waals surface area (Å²) in [4.78, 5) is 31.7. The van der Waals surface area contributed by atoms with E-state index >= 15 is 0 Å². The quantitative estimate of drug-likeness (QED) is 0.628.